The highest BCUT2D eigenvalue weighted by atomic mass is 35.5. The van der Waals surface area contributed by atoms with Crippen molar-refractivity contribution in [1.29, 1.82) is 0 Å². The molecule has 2 rings (SSSR count). The Hall–Kier alpha value is -2.02. The molecule has 0 radical (unpaired) electrons. The van der Waals surface area contributed by atoms with Crippen LogP contribution in [0.15, 0.2) is 42.7 Å². The Bertz CT molecular complexity index is 763. The van der Waals surface area contributed by atoms with Gasteiger partial charge in [-0.05, 0) is 55.2 Å². The van der Waals surface area contributed by atoms with Gasteiger partial charge in [0.25, 0.3) is 0 Å². The summed E-state index contributed by atoms with van der Waals surface area (Å²) < 4.78 is 11.4. The number of nitrogens with zero attached hydrogens (tertiary/aromatic N) is 1. The molecule has 1 atom stereocenters. The van der Waals surface area contributed by atoms with Crippen LogP contribution in [0.2, 0.25) is 0 Å². The molecule has 1 aromatic heterocycles. The standard InChI is InChI=1S/C22H31N3O3.2ClH/c1-5-22(6-2,15-23)21(26)25-16(3)18-7-8-19(20(13-18)27-4)28-14-17-9-11-24-12-10-17;;/h7-13,16H,5-6,14-15,23H2,1-4H3,(H,25,26);2*1H. The number of ether oxygens (including phenoxy) is 2. The number of methoxy groups -OCH3 is 1. The minimum absolute atomic E-state index is 0. The number of amides is 1. The molecule has 1 unspecified atom stereocenters. The molecule has 0 bridgehead atoms. The third-order valence-electron chi connectivity index (χ3n) is 5.40. The Kier molecular flexibility index (Phi) is 12.4. The summed E-state index contributed by atoms with van der Waals surface area (Å²) in [5, 5.41) is 3.10. The molecule has 168 valence electrons. The minimum atomic E-state index is -0.522. The van der Waals surface area contributed by atoms with Crippen LogP contribution >= 0.6 is 24.8 Å². The number of nitrogens with one attached hydrogen (secondary N) is 1. The lowest BCUT2D eigenvalue weighted by Gasteiger charge is -2.30. The van der Waals surface area contributed by atoms with Crippen molar-refractivity contribution in [2.75, 3.05) is 13.7 Å². The average Bonchev–Trinajstić information content (AvgIpc) is 2.74. The van der Waals surface area contributed by atoms with Gasteiger partial charge in [0.15, 0.2) is 11.5 Å². The van der Waals surface area contributed by atoms with Gasteiger partial charge in [0.05, 0.1) is 18.6 Å². The molecule has 1 heterocycles. The Morgan fingerprint density at radius 3 is 2.30 bits per heavy atom. The number of rotatable bonds is 10. The summed E-state index contributed by atoms with van der Waals surface area (Å²) in [6.45, 7) is 6.72. The number of hydrogen-bond acceptors (Lipinski definition) is 5. The fourth-order valence-electron chi connectivity index (χ4n) is 3.10. The second-order valence-electron chi connectivity index (χ2n) is 6.94. The van der Waals surface area contributed by atoms with Gasteiger partial charge in [-0.3, -0.25) is 9.78 Å². The lowest BCUT2D eigenvalue weighted by atomic mass is 9.81. The van der Waals surface area contributed by atoms with E-state index in [1.165, 1.54) is 0 Å². The number of hydrogen-bond donors (Lipinski definition) is 2. The zero-order chi connectivity index (χ0) is 20.6. The minimum Gasteiger partial charge on any atom is -0.493 e. The molecule has 0 spiro atoms. The maximum atomic E-state index is 12.8. The van der Waals surface area contributed by atoms with E-state index in [0.717, 1.165) is 11.1 Å². The number of aromatic nitrogens is 1. The second-order valence-corrected chi connectivity index (χ2v) is 6.94. The molecule has 0 saturated carbocycles. The lowest BCUT2D eigenvalue weighted by molar-refractivity contribution is -0.131. The summed E-state index contributed by atoms with van der Waals surface area (Å²) in [6, 6.07) is 9.35. The van der Waals surface area contributed by atoms with Crippen LogP contribution in [-0.2, 0) is 11.4 Å². The monoisotopic (exact) mass is 457 g/mol. The largest absolute Gasteiger partial charge is 0.493 e. The van der Waals surface area contributed by atoms with Gasteiger partial charge in [-0.15, -0.1) is 24.8 Å². The second kappa shape index (κ2) is 13.3. The van der Waals surface area contributed by atoms with E-state index in [-0.39, 0.29) is 36.8 Å². The van der Waals surface area contributed by atoms with Crippen LogP contribution < -0.4 is 20.5 Å². The summed E-state index contributed by atoms with van der Waals surface area (Å²) in [7, 11) is 1.61. The van der Waals surface area contributed by atoms with Crippen LogP contribution in [0.3, 0.4) is 0 Å². The zero-order valence-corrected chi connectivity index (χ0v) is 19.6. The van der Waals surface area contributed by atoms with Crippen molar-refractivity contribution >= 4 is 30.7 Å². The molecule has 2 aromatic rings. The molecule has 1 aromatic carbocycles. The predicted molar refractivity (Wildman–Crippen MR) is 125 cm³/mol. The lowest BCUT2D eigenvalue weighted by Crippen LogP contribution is -2.46. The maximum absolute atomic E-state index is 12.8. The highest BCUT2D eigenvalue weighted by Gasteiger charge is 2.34. The summed E-state index contributed by atoms with van der Waals surface area (Å²) in [4.78, 5) is 16.8. The first kappa shape index (κ1) is 28.0. The highest BCUT2D eigenvalue weighted by molar-refractivity contribution is 5.85. The first-order chi connectivity index (χ1) is 13.5. The van der Waals surface area contributed by atoms with Gasteiger partial charge in [0, 0.05) is 18.9 Å². The molecule has 0 saturated heterocycles. The molecule has 30 heavy (non-hydrogen) atoms. The van der Waals surface area contributed by atoms with Gasteiger partial charge in [0.2, 0.25) is 5.91 Å². The third-order valence-corrected chi connectivity index (χ3v) is 5.40. The van der Waals surface area contributed by atoms with Crippen molar-refractivity contribution in [3.05, 3.63) is 53.9 Å². The van der Waals surface area contributed by atoms with E-state index in [2.05, 4.69) is 10.3 Å². The first-order valence-corrected chi connectivity index (χ1v) is 9.70. The van der Waals surface area contributed by atoms with Crippen LogP contribution in [0.1, 0.15) is 50.8 Å². The van der Waals surface area contributed by atoms with Crippen LogP contribution in [0.5, 0.6) is 11.5 Å². The van der Waals surface area contributed by atoms with Crippen LogP contribution in [0, 0.1) is 5.41 Å². The van der Waals surface area contributed by atoms with E-state index in [0.29, 0.717) is 37.5 Å². The molecule has 6 nitrogen and oxygen atoms in total. The SMILES string of the molecule is CCC(CC)(CN)C(=O)NC(C)c1ccc(OCc2ccncc2)c(OC)c1.Cl.Cl. The number of benzene rings is 1. The van der Waals surface area contributed by atoms with Crippen LogP contribution in [0.4, 0.5) is 0 Å². The van der Waals surface area contributed by atoms with E-state index in [9.17, 15) is 4.79 Å². The maximum Gasteiger partial charge on any atom is 0.227 e. The van der Waals surface area contributed by atoms with Gasteiger partial charge in [-0.25, -0.2) is 0 Å². The van der Waals surface area contributed by atoms with Crippen molar-refractivity contribution in [2.24, 2.45) is 11.1 Å². The van der Waals surface area contributed by atoms with Crippen molar-refractivity contribution < 1.29 is 14.3 Å². The normalized spacial score (nSPS) is 11.5. The average molecular weight is 458 g/mol. The summed E-state index contributed by atoms with van der Waals surface area (Å²) in [5.41, 5.74) is 7.34. The predicted octanol–water partition coefficient (Wildman–Crippen LogP) is 4.46. The molecule has 1 amide bonds. The summed E-state index contributed by atoms with van der Waals surface area (Å²) in [6.07, 6.45) is 4.89. The van der Waals surface area contributed by atoms with E-state index in [4.69, 9.17) is 15.2 Å². The summed E-state index contributed by atoms with van der Waals surface area (Å²) in [5.74, 6) is 1.27. The Morgan fingerprint density at radius 1 is 1.13 bits per heavy atom. The molecular weight excluding hydrogens is 425 g/mol. The van der Waals surface area contributed by atoms with Crippen LogP contribution in [0.25, 0.3) is 0 Å². The van der Waals surface area contributed by atoms with Crippen molar-refractivity contribution in [2.45, 2.75) is 46.3 Å². The number of nitrogens with two attached hydrogens (primary N) is 1. The molecule has 3 N–H and O–H groups in total. The topological polar surface area (TPSA) is 86.5 Å². The first-order valence-electron chi connectivity index (χ1n) is 9.70. The van der Waals surface area contributed by atoms with E-state index >= 15 is 0 Å². The quantitative estimate of drug-likeness (QED) is 0.549. The number of halogens is 2. The van der Waals surface area contributed by atoms with Gasteiger partial charge in [0.1, 0.15) is 6.61 Å². The molecule has 0 aliphatic carbocycles. The van der Waals surface area contributed by atoms with Gasteiger partial charge in [-0.1, -0.05) is 19.9 Å². The highest BCUT2D eigenvalue weighted by Crippen LogP contribution is 2.32. The Balaban J connectivity index is 0.00000420. The molecule has 8 heteroatoms. The number of carbonyl (C=O) groups excluding carboxylic acids is 1. The fourth-order valence-corrected chi connectivity index (χ4v) is 3.10. The molecule has 0 fully saturated rings. The van der Waals surface area contributed by atoms with Gasteiger partial charge < -0.3 is 20.5 Å². The van der Waals surface area contributed by atoms with E-state index in [1.807, 2.05) is 51.1 Å². The van der Waals surface area contributed by atoms with Crippen molar-refractivity contribution in [3.63, 3.8) is 0 Å². The van der Waals surface area contributed by atoms with Crippen molar-refractivity contribution in [1.82, 2.24) is 10.3 Å². The number of carbonyl (C=O) groups is 1. The Labute approximate surface area is 191 Å². The number of pyridine rings is 1. The smallest absolute Gasteiger partial charge is 0.227 e. The van der Waals surface area contributed by atoms with Crippen LogP contribution in [-0.4, -0.2) is 24.5 Å². The zero-order valence-electron chi connectivity index (χ0n) is 18.0. The van der Waals surface area contributed by atoms with E-state index in [1.54, 1.807) is 19.5 Å². The molecule has 0 aliphatic rings. The fraction of sp³-hybridized carbons (Fsp3) is 0.455. The van der Waals surface area contributed by atoms with E-state index < -0.39 is 5.41 Å². The van der Waals surface area contributed by atoms with Gasteiger partial charge in [-0.2, -0.15) is 0 Å². The van der Waals surface area contributed by atoms with Gasteiger partial charge >= 0.3 is 0 Å². The summed E-state index contributed by atoms with van der Waals surface area (Å²) >= 11 is 0. The third kappa shape index (κ3) is 6.76. The Morgan fingerprint density at radius 2 is 1.77 bits per heavy atom. The molecule has 0 aliphatic heterocycles. The molecular formula is C22H33Cl2N3O3. The van der Waals surface area contributed by atoms with Crippen molar-refractivity contribution in [3.8, 4) is 11.5 Å².